The van der Waals surface area contributed by atoms with Crippen LogP contribution in [0.15, 0.2) is 64.5 Å². The van der Waals surface area contributed by atoms with E-state index < -0.39 is 6.17 Å². The summed E-state index contributed by atoms with van der Waals surface area (Å²) in [6.07, 6.45) is 3.66. The van der Waals surface area contributed by atoms with Gasteiger partial charge in [0.15, 0.2) is 5.96 Å². The molecular formula is C36H53FN8O2S. The monoisotopic (exact) mass is 680 g/mol. The number of fused-ring (bicyclic) bond motifs is 1. The molecule has 0 unspecified atom stereocenters. The summed E-state index contributed by atoms with van der Waals surface area (Å²) in [4.78, 5) is 23.9. The van der Waals surface area contributed by atoms with Crippen molar-refractivity contribution in [1.29, 1.82) is 0 Å². The minimum atomic E-state index is -1.11. The lowest BCUT2D eigenvalue weighted by molar-refractivity contribution is 0.201. The molecule has 0 aliphatic carbocycles. The van der Waals surface area contributed by atoms with Gasteiger partial charge in [-0.25, -0.2) is 9.18 Å². The Morgan fingerprint density at radius 1 is 1.06 bits per heavy atom. The van der Waals surface area contributed by atoms with Gasteiger partial charge in [0.1, 0.15) is 24.2 Å². The summed E-state index contributed by atoms with van der Waals surface area (Å²) in [6.45, 7) is 15.0. The second-order valence-electron chi connectivity index (χ2n) is 13.8. The molecule has 262 valence electrons. The van der Waals surface area contributed by atoms with E-state index in [0.717, 1.165) is 53.3 Å². The summed E-state index contributed by atoms with van der Waals surface area (Å²) in [5.41, 5.74) is 21.6. The number of halogens is 1. The van der Waals surface area contributed by atoms with Gasteiger partial charge in [-0.1, -0.05) is 59.7 Å². The average Bonchev–Trinajstić information content (AvgIpc) is 3.45. The van der Waals surface area contributed by atoms with Gasteiger partial charge in [0.05, 0.1) is 5.69 Å². The fraction of sp³-hybridized carbons (Fsp3) is 0.472. The van der Waals surface area contributed by atoms with E-state index in [1.165, 1.54) is 11.1 Å². The Hall–Kier alpha value is -3.87. The number of nitrogens with one attached hydrogen (secondary N) is 2. The topological polar surface area (TPSA) is 162 Å². The van der Waals surface area contributed by atoms with Crippen molar-refractivity contribution in [3.63, 3.8) is 0 Å². The largest absolute Gasteiger partial charge is 0.490 e. The van der Waals surface area contributed by atoms with Crippen LogP contribution in [-0.4, -0.2) is 59.2 Å². The van der Waals surface area contributed by atoms with Crippen LogP contribution >= 0.6 is 11.8 Å². The summed E-state index contributed by atoms with van der Waals surface area (Å²) in [7, 11) is 0. The highest BCUT2D eigenvalue weighted by Crippen LogP contribution is 2.29. The number of H-pyrrole nitrogens is 1. The van der Waals surface area contributed by atoms with Crippen LogP contribution in [0.1, 0.15) is 70.3 Å². The molecule has 4 aromatic rings. The van der Waals surface area contributed by atoms with Gasteiger partial charge in [0.2, 0.25) is 0 Å². The van der Waals surface area contributed by atoms with Gasteiger partial charge in [-0.3, -0.25) is 9.56 Å². The number of nitrogens with zero attached hydrogens (tertiary/aromatic N) is 3. The van der Waals surface area contributed by atoms with E-state index in [-0.39, 0.29) is 35.6 Å². The van der Waals surface area contributed by atoms with Crippen LogP contribution in [-0.2, 0) is 23.1 Å². The molecule has 0 spiro atoms. The number of aromatic amines is 1. The summed E-state index contributed by atoms with van der Waals surface area (Å²) in [5, 5.41) is 4.27. The Labute approximate surface area is 288 Å². The van der Waals surface area contributed by atoms with Gasteiger partial charge >= 0.3 is 5.69 Å². The van der Waals surface area contributed by atoms with E-state index >= 15 is 0 Å². The van der Waals surface area contributed by atoms with E-state index in [0.29, 0.717) is 12.2 Å². The first-order valence-corrected chi connectivity index (χ1v) is 17.6. The first kappa shape index (κ1) is 38.6. The fourth-order valence-corrected chi connectivity index (χ4v) is 5.18. The number of nitrogens with two attached hydrogens (primary N) is 3. The fourth-order valence-electron chi connectivity index (χ4n) is 4.68. The number of rotatable bonds is 13. The van der Waals surface area contributed by atoms with E-state index in [2.05, 4.69) is 80.2 Å². The molecule has 0 fully saturated rings. The minimum absolute atomic E-state index is 0.00334. The van der Waals surface area contributed by atoms with Crippen molar-refractivity contribution in [3.8, 4) is 11.4 Å². The summed E-state index contributed by atoms with van der Waals surface area (Å²) < 4.78 is 20.2. The minimum Gasteiger partial charge on any atom is -0.490 e. The van der Waals surface area contributed by atoms with E-state index in [9.17, 15) is 9.18 Å². The highest BCUT2D eigenvalue weighted by molar-refractivity contribution is 7.97. The molecule has 0 aliphatic rings. The molecule has 0 amide bonds. The maximum atomic E-state index is 13.1. The molecule has 2 aromatic carbocycles. The Balaban J connectivity index is 0.000000286. The lowest BCUT2D eigenvalue weighted by Gasteiger charge is -2.21. The first-order chi connectivity index (χ1) is 22.6. The zero-order valence-electron chi connectivity index (χ0n) is 29.4. The lowest BCUT2D eigenvalue weighted by Crippen LogP contribution is -2.23. The number of alkyl halides is 1. The summed E-state index contributed by atoms with van der Waals surface area (Å²) in [6, 6.07) is 16.1. The summed E-state index contributed by atoms with van der Waals surface area (Å²) in [5.74, 6) is 1.78. The zero-order chi connectivity index (χ0) is 35.5. The molecule has 0 aliphatic heterocycles. The molecule has 0 bridgehead atoms. The molecule has 1 atom stereocenters. The molecular weight excluding hydrogens is 628 g/mol. The normalized spacial score (nSPS) is 12.4. The first-order valence-electron chi connectivity index (χ1n) is 16.2. The zero-order valence-corrected chi connectivity index (χ0v) is 30.2. The molecule has 48 heavy (non-hydrogen) atoms. The highest BCUT2D eigenvalue weighted by atomic mass is 32.2. The van der Waals surface area contributed by atoms with Gasteiger partial charge in [0, 0.05) is 48.1 Å². The van der Waals surface area contributed by atoms with Crippen LogP contribution in [0, 0.1) is 0 Å². The number of aromatic nitrogens is 3. The Morgan fingerprint density at radius 3 is 2.38 bits per heavy atom. The second-order valence-corrected chi connectivity index (χ2v) is 14.7. The quantitative estimate of drug-likeness (QED) is 0.0723. The third-order valence-corrected chi connectivity index (χ3v) is 8.12. The average molecular weight is 681 g/mol. The molecule has 4 rings (SSSR count). The van der Waals surface area contributed by atoms with Crippen molar-refractivity contribution in [2.24, 2.45) is 22.2 Å². The molecule has 2 aromatic heterocycles. The maximum Gasteiger partial charge on any atom is 0.354 e. The SMILES string of the molecule is CC(C)(C)c1cc2cn(-c3ccc(CNCCCN=C(N)N)cc3)c(=O)nc2[nH]1.CSCc1cc(OC[C@H](F)CN)cc(C(C)(C)C)c1. The Kier molecular flexibility index (Phi) is 14.1. The van der Waals surface area contributed by atoms with Crippen LogP contribution in [0.25, 0.3) is 16.7 Å². The number of hydrogen-bond donors (Lipinski definition) is 5. The molecule has 0 radical (unpaired) electrons. The Bertz CT molecular complexity index is 1680. The van der Waals surface area contributed by atoms with Crippen molar-refractivity contribution in [2.45, 2.75) is 77.3 Å². The van der Waals surface area contributed by atoms with Crippen LogP contribution in [0.2, 0.25) is 0 Å². The van der Waals surface area contributed by atoms with Crippen LogP contribution < -0.4 is 32.9 Å². The molecule has 0 saturated carbocycles. The van der Waals surface area contributed by atoms with Gasteiger partial charge in [-0.05, 0) is 71.7 Å². The standard InChI is InChI=1S/C21H29N7O.C15H24FNOS/c1-21(2,3)17-11-15-13-28(20(29)27-18(15)26-17)16-7-5-14(6-8-16)12-24-9-4-10-25-19(22)23;1-15(2,3)12-5-11(10-19-4)6-14(7-12)18-9-13(16)8-17/h5-8,11,13,24H,4,9-10,12H2,1-3H3,(H4,22,23,25)(H,26,27,29);5-7,13H,8-10,17H2,1-4H3/t;13-/m.1/s1. The van der Waals surface area contributed by atoms with Gasteiger partial charge < -0.3 is 32.2 Å². The highest BCUT2D eigenvalue weighted by Gasteiger charge is 2.18. The van der Waals surface area contributed by atoms with Crippen LogP contribution in [0.5, 0.6) is 5.75 Å². The van der Waals surface area contributed by atoms with Crippen molar-refractivity contribution in [1.82, 2.24) is 19.9 Å². The number of guanidine groups is 1. The van der Waals surface area contributed by atoms with Crippen LogP contribution in [0.3, 0.4) is 0 Å². The van der Waals surface area contributed by atoms with Gasteiger partial charge in [-0.15, -0.1) is 0 Å². The number of thioether (sulfide) groups is 1. The molecule has 8 N–H and O–H groups in total. The van der Waals surface area contributed by atoms with E-state index in [4.69, 9.17) is 21.9 Å². The predicted molar refractivity (Wildman–Crippen MR) is 199 cm³/mol. The third-order valence-electron chi connectivity index (χ3n) is 7.50. The smallest absolute Gasteiger partial charge is 0.354 e. The Morgan fingerprint density at radius 2 is 1.77 bits per heavy atom. The van der Waals surface area contributed by atoms with Crippen molar-refractivity contribution < 1.29 is 9.13 Å². The van der Waals surface area contributed by atoms with Crippen LogP contribution in [0.4, 0.5) is 4.39 Å². The number of benzene rings is 2. The van der Waals surface area contributed by atoms with Crippen molar-refractivity contribution in [2.75, 3.05) is 32.5 Å². The predicted octanol–water partition coefficient (Wildman–Crippen LogP) is 5.29. The van der Waals surface area contributed by atoms with Gasteiger partial charge in [-0.2, -0.15) is 16.7 Å². The maximum absolute atomic E-state index is 13.1. The number of ether oxygens (including phenoxy) is 1. The molecule has 10 nitrogen and oxygen atoms in total. The molecule has 2 heterocycles. The van der Waals surface area contributed by atoms with E-state index in [1.807, 2.05) is 42.6 Å². The third kappa shape index (κ3) is 12.0. The van der Waals surface area contributed by atoms with Crippen molar-refractivity contribution in [3.05, 3.63) is 87.6 Å². The second kappa shape index (κ2) is 17.5. The summed E-state index contributed by atoms with van der Waals surface area (Å²) >= 11 is 1.76. The number of hydrogen-bond acceptors (Lipinski definition) is 7. The lowest BCUT2D eigenvalue weighted by atomic mass is 9.86. The van der Waals surface area contributed by atoms with Gasteiger partial charge in [0.25, 0.3) is 0 Å². The van der Waals surface area contributed by atoms with Crippen molar-refractivity contribution >= 4 is 28.8 Å². The van der Waals surface area contributed by atoms with E-state index in [1.54, 1.807) is 16.3 Å². The molecule has 0 saturated heterocycles. The number of aliphatic imine (C=N–C) groups is 1. The molecule has 12 heteroatoms.